The molecule has 0 aliphatic rings. The Balaban J connectivity index is 2.77. The lowest BCUT2D eigenvalue weighted by Crippen LogP contribution is -2.21. The third kappa shape index (κ3) is 2.81. The molecule has 0 amide bonds. The number of nitrogen functional groups attached to an aromatic ring is 1. The van der Waals surface area contributed by atoms with Gasteiger partial charge in [-0.2, -0.15) is 0 Å². The zero-order valence-corrected chi connectivity index (χ0v) is 9.60. The molecular formula is C11H17ClN2. The fraction of sp³-hybridized carbons (Fsp3) is 0.455. The van der Waals surface area contributed by atoms with E-state index in [1.165, 1.54) is 0 Å². The number of hydrogen-bond donors (Lipinski definition) is 2. The lowest BCUT2D eigenvalue weighted by atomic mass is 10.1. The average Bonchev–Trinajstić information content (AvgIpc) is 2.09. The van der Waals surface area contributed by atoms with Crippen LogP contribution < -0.4 is 11.1 Å². The first kappa shape index (κ1) is 11.2. The second-order valence-corrected chi connectivity index (χ2v) is 4.32. The van der Waals surface area contributed by atoms with E-state index in [2.05, 4.69) is 26.1 Å². The van der Waals surface area contributed by atoms with Gasteiger partial charge in [0.25, 0.3) is 0 Å². The molecule has 1 unspecified atom stereocenters. The number of anilines is 2. The lowest BCUT2D eigenvalue weighted by molar-refractivity contribution is 0.560. The lowest BCUT2D eigenvalue weighted by Gasteiger charge is -2.19. The van der Waals surface area contributed by atoms with E-state index in [1.807, 2.05) is 12.1 Å². The number of nitrogens with two attached hydrogens (primary N) is 1. The molecule has 78 valence electrons. The van der Waals surface area contributed by atoms with Crippen LogP contribution in [0.5, 0.6) is 0 Å². The van der Waals surface area contributed by atoms with Gasteiger partial charge in [0.2, 0.25) is 0 Å². The zero-order chi connectivity index (χ0) is 10.7. The predicted molar refractivity (Wildman–Crippen MR) is 63.8 cm³/mol. The van der Waals surface area contributed by atoms with Gasteiger partial charge in [0.05, 0.1) is 10.7 Å². The molecule has 3 N–H and O–H groups in total. The second kappa shape index (κ2) is 4.56. The molecule has 0 aliphatic carbocycles. The molecule has 0 aliphatic heterocycles. The van der Waals surface area contributed by atoms with E-state index in [0.29, 0.717) is 22.7 Å². The van der Waals surface area contributed by atoms with Crippen LogP contribution in [0.2, 0.25) is 5.02 Å². The minimum absolute atomic E-state index is 0.399. The fourth-order valence-electron chi connectivity index (χ4n) is 1.06. The quantitative estimate of drug-likeness (QED) is 0.754. The summed E-state index contributed by atoms with van der Waals surface area (Å²) in [5, 5.41) is 4.03. The van der Waals surface area contributed by atoms with E-state index < -0.39 is 0 Å². The smallest absolute Gasteiger partial charge is 0.0658 e. The van der Waals surface area contributed by atoms with E-state index in [0.717, 1.165) is 5.69 Å². The second-order valence-electron chi connectivity index (χ2n) is 3.92. The Morgan fingerprint density at radius 3 is 2.43 bits per heavy atom. The maximum Gasteiger partial charge on any atom is 0.0658 e. The largest absolute Gasteiger partial charge is 0.399 e. The van der Waals surface area contributed by atoms with Crippen molar-refractivity contribution in [3.63, 3.8) is 0 Å². The van der Waals surface area contributed by atoms with Gasteiger partial charge in [-0.3, -0.25) is 0 Å². The van der Waals surface area contributed by atoms with Crippen molar-refractivity contribution in [1.29, 1.82) is 0 Å². The van der Waals surface area contributed by atoms with E-state index in [9.17, 15) is 0 Å². The summed E-state index contributed by atoms with van der Waals surface area (Å²) in [6, 6.07) is 5.92. The van der Waals surface area contributed by atoms with Gasteiger partial charge in [0.1, 0.15) is 0 Å². The van der Waals surface area contributed by atoms with E-state index >= 15 is 0 Å². The highest BCUT2D eigenvalue weighted by Crippen LogP contribution is 2.25. The molecule has 0 bridgehead atoms. The standard InChI is InChI=1S/C11H17ClN2/c1-7(2)8(3)14-11-5-4-9(13)6-10(11)12/h4-8,14H,13H2,1-3H3. The molecule has 2 nitrogen and oxygen atoms in total. The summed E-state index contributed by atoms with van der Waals surface area (Å²) in [4.78, 5) is 0. The Kier molecular flexibility index (Phi) is 3.64. The van der Waals surface area contributed by atoms with E-state index in [1.54, 1.807) is 6.07 Å². The Labute approximate surface area is 90.4 Å². The molecule has 0 aromatic heterocycles. The van der Waals surface area contributed by atoms with Crippen molar-refractivity contribution < 1.29 is 0 Å². The molecule has 1 atom stereocenters. The first-order chi connectivity index (χ1) is 6.50. The number of halogens is 1. The number of rotatable bonds is 3. The van der Waals surface area contributed by atoms with Crippen LogP contribution in [0.4, 0.5) is 11.4 Å². The SMILES string of the molecule is CC(C)C(C)Nc1ccc(N)cc1Cl. The highest BCUT2D eigenvalue weighted by atomic mass is 35.5. The van der Waals surface area contributed by atoms with Crippen LogP contribution in [0, 0.1) is 5.92 Å². The molecule has 0 spiro atoms. The summed E-state index contributed by atoms with van der Waals surface area (Å²) in [5.41, 5.74) is 7.24. The van der Waals surface area contributed by atoms with Crippen molar-refractivity contribution in [1.82, 2.24) is 0 Å². The van der Waals surface area contributed by atoms with Gasteiger partial charge in [-0.05, 0) is 31.0 Å². The van der Waals surface area contributed by atoms with Crippen LogP contribution in [-0.2, 0) is 0 Å². The molecule has 3 heteroatoms. The van der Waals surface area contributed by atoms with Gasteiger partial charge in [-0.15, -0.1) is 0 Å². The Hall–Kier alpha value is -0.890. The summed E-state index contributed by atoms with van der Waals surface area (Å²) in [5.74, 6) is 0.573. The Bertz CT molecular complexity index is 310. The Morgan fingerprint density at radius 2 is 1.93 bits per heavy atom. The van der Waals surface area contributed by atoms with Crippen molar-refractivity contribution in [2.45, 2.75) is 26.8 Å². The van der Waals surface area contributed by atoms with Crippen molar-refractivity contribution in [3.8, 4) is 0 Å². The average molecular weight is 213 g/mol. The minimum Gasteiger partial charge on any atom is -0.399 e. The van der Waals surface area contributed by atoms with Crippen LogP contribution >= 0.6 is 11.6 Å². The molecule has 0 fully saturated rings. The zero-order valence-electron chi connectivity index (χ0n) is 8.84. The monoisotopic (exact) mass is 212 g/mol. The van der Waals surface area contributed by atoms with Gasteiger partial charge < -0.3 is 11.1 Å². The maximum atomic E-state index is 6.04. The van der Waals surface area contributed by atoms with Gasteiger partial charge in [-0.25, -0.2) is 0 Å². The van der Waals surface area contributed by atoms with Crippen molar-refractivity contribution in [3.05, 3.63) is 23.2 Å². The maximum absolute atomic E-state index is 6.04. The van der Waals surface area contributed by atoms with Crippen LogP contribution in [0.3, 0.4) is 0 Å². The molecule has 1 rings (SSSR count). The highest BCUT2D eigenvalue weighted by Gasteiger charge is 2.08. The number of hydrogen-bond acceptors (Lipinski definition) is 2. The normalized spacial score (nSPS) is 12.9. The fourth-order valence-corrected chi connectivity index (χ4v) is 1.30. The molecular weight excluding hydrogens is 196 g/mol. The first-order valence-electron chi connectivity index (χ1n) is 4.82. The highest BCUT2D eigenvalue weighted by molar-refractivity contribution is 6.33. The predicted octanol–water partition coefficient (Wildman–Crippen LogP) is 3.38. The summed E-state index contributed by atoms with van der Waals surface area (Å²) in [6.45, 7) is 6.48. The molecule has 0 saturated carbocycles. The minimum atomic E-state index is 0.399. The molecule has 1 aromatic rings. The molecule has 14 heavy (non-hydrogen) atoms. The van der Waals surface area contributed by atoms with Crippen LogP contribution in [0.15, 0.2) is 18.2 Å². The van der Waals surface area contributed by atoms with Crippen molar-refractivity contribution in [2.24, 2.45) is 5.92 Å². The third-order valence-electron chi connectivity index (χ3n) is 2.38. The Morgan fingerprint density at radius 1 is 1.29 bits per heavy atom. The van der Waals surface area contributed by atoms with Gasteiger partial charge in [0, 0.05) is 11.7 Å². The summed E-state index contributed by atoms with van der Waals surface area (Å²) < 4.78 is 0. The van der Waals surface area contributed by atoms with Crippen LogP contribution in [-0.4, -0.2) is 6.04 Å². The van der Waals surface area contributed by atoms with Gasteiger partial charge in [0.15, 0.2) is 0 Å². The topological polar surface area (TPSA) is 38.0 Å². The summed E-state index contributed by atoms with van der Waals surface area (Å²) >= 11 is 6.04. The summed E-state index contributed by atoms with van der Waals surface area (Å²) in [6.07, 6.45) is 0. The number of benzene rings is 1. The molecule has 0 saturated heterocycles. The van der Waals surface area contributed by atoms with Gasteiger partial charge >= 0.3 is 0 Å². The molecule has 0 radical (unpaired) electrons. The van der Waals surface area contributed by atoms with E-state index in [4.69, 9.17) is 17.3 Å². The van der Waals surface area contributed by atoms with E-state index in [-0.39, 0.29) is 0 Å². The first-order valence-corrected chi connectivity index (χ1v) is 5.20. The molecule has 0 heterocycles. The third-order valence-corrected chi connectivity index (χ3v) is 2.69. The molecule has 1 aromatic carbocycles. The van der Waals surface area contributed by atoms with Gasteiger partial charge in [-0.1, -0.05) is 25.4 Å². The number of nitrogens with one attached hydrogen (secondary N) is 1. The van der Waals surface area contributed by atoms with Crippen LogP contribution in [0.25, 0.3) is 0 Å². The van der Waals surface area contributed by atoms with Crippen LogP contribution in [0.1, 0.15) is 20.8 Å². The summed E-state index contributed by atoms with van der Waals surface area (Å²) in [7, 11) is 0. The van der Waals surface area contributed by atoms with Crippen molar-refractivity contribution >= 4 is 23.0 Å². The van der Waals surface area contributed by atoms with Crippen molar-refractivity contribution in [2.75, 3.05) is 11.1 Å².